The topological polar surface area (TPSA) is 43.4 Å². The molecule has 1 spiro atoms. The highest BCUT2D eigenvalue weighted by atomic mass is 32.3. The second-order valence-corrected chi connectivity index (χ2v) is 5.79. The lowest BCUT2D eigenvalue weighted by Gasteiger charge is -2.23. The summed E-state index contributed by atoms with van der Waals surface area (Å²) in [6.45, 7) is 0. The summed E-state index contributed by atoms with van der Waals surface area (Å²) >= 11 is 0. The molecule has 5 heteroatoms. The third kappa shape index (κ3) is 2.25. The Hall–Kier alpha value is -0.160. The molecule has 1 atom stereocenters. The van der Waals surface area contributed by atoms with Gasteiger partial charge in [0.05, 0.1) is 11.7 Å². The summed E-state index contributed by atoms with van der Waals surface area (Å²) in [5.74, 6) is -0.464. The fourth-order valence-electron chi connectivity index (χ4n) is 2.62. The molecule has 0 N–H and O–H groups in total. The zero-order valence-electron chi connectivity index (χ0n) is 8.04. The van der Waals surface area contributed by atoms with Gasteiger partial charge in [0.15, 0.2) is 0 Å². The Morgan fingerprint density at radius 2 is 1.93 bits per heavy atom. The molecular formula is C9H15FO3S. The molecule has 1 heterocycles. The molecule has 1 aliphatic heterocycles. The molecule has 2 fully saturated rings. The first-order valence-corrected chi connectivity index (χ1v) is 6.65. The monoisotopic (exact) mass is 222 g/mol. The van der Waals surface area contributed by atoms with Crippen LogP contribution in [-0.4, -0.2) is 25.9 Å². The quantitative estimate of drug-likeness (QED) is 0.669. The molecule has 1 unspecified atom stereocenters. The molecule has 0 bridgehead atoms. The number of hydrogen-bond acceptors (Lipinski definition) is 3. The van der Waals surface area contributed by atoms with Crippen LogP contribution in [0.25, 0.3) is 0 Å². The van der Waals surface area contributed by atoms with Crippen LogP contribution in [0.1, 0.15) is 38.5 Å². The summed E-state index contributed by atoms with van der Waals surface area (Å²) in [5, 5.41) is 0. The summed E-state index contributed by atoms with van der Waals surface area (Å²) in [6, 6.07) is 0. The zero-order chi connectivity index (χ0) is 10.2. The van der Waals surface area contributed by atoms with Crippen LogP contribution in [0.5, 0.6) is 0 Å². The molecule has 0 aromatic carbocycles. The molecule has 1 aliphatic carbocycles. The van der Waals surface area contributed by atoms with Crippen LogP contribution in [0.15, 0.2) is 0 Å². The van der Waals surface area contributed by atoms with E-state index in [1.54, 1.807) is 0 Å². The Kier molecular flexibility index (Phi) is 2.55. The minimum atomic E-state index is -4.38. The van der Waals surface area contributed by atoms with Crippen LogP contribution in [0, 0.1) is 0 Å². The van der Waals surface area contributed by atoms with Crippen molar-refractivity contribution in [3.63, 3.8) is 0 Å². The van der Waals surface area contributed by atoms with Crippen molar-refractivity contribution in [2.45, 2.75) is 50.2 Å². The number of hydrogen-bond donors (Lipinski definition) is 0. The van der Waals surface area contributed by atoms with E-state index < -0.39 is 22.1 Å². The average molecular weight is 222 g/mol. The second-order valence-electron chi connectivity index (χ2n) is 4.37. The number of ether oxygens (including phenoxy) is 1. The molecule has 3 nitrogen and oxygen atoms in total. The summed E-state index contributed by atoms with van der Waals surface area (Å²) < 4.78 is 39.0. The van der Waals surface area contributed by atoms with Gasteiger partial charge in [0.1, 0.15) is 5.75 Å². The lowest BCUT2D eigenvalue weighted by atomic mass is 9.98. The highest BCUT2D eigenvalue weighted by Crippen LogP contribution is 2.43. The Labute approximate surface area is 83.8 Å². The minimum Gasteiger partial charge on any atom is -0.371 e. The first-order chi connectivity index (χ1) is 6.49. The first-order valence-electron chi connectivity index (χ1n) is 5.09. The SMILES string of the molecule is O=S(=O)(F)CC1CCC2(CCCC2)O1. The number of halogens is 1. The van der Waals surface area contributed by atoms with E-state index in [0.717, 1.165) is 32.1 Å². The van der Waals surface area contributed by atoms with Crippen LogP contribution in [0.3, 0.4) is 0 Å². The van der Waals surface area contributed by atoms with Gasteiger partial charge in [-0.15, -0.1) is 3.89 Å². The molecular weight excluding hydrogens is 207 g/mol. The summed E-state index contributed by atoms with van der Waals surface area (Å²) in [6.07, 6.45) is 5.48. The van der Waals surface area contributed by atoms with Gasteiger partial charge in [0, 0.05) is 0 Å². The van der Waals surface area contributed by atoms with Crippen molar-refractivity contribution in [1.29, 1.82) is 0 Å². The van der Waals surface area contributed by atoms with Crippen molar-refractivity contribution in [3.05, 3.63) is 0 Å². The summed E-state index contributed by atoms with van der Waals surface area (Å²) in [4.78, 5) is 0. The normalized spacial score (nSPS) is 31.4. The van der Waals surface area contributed by atoms with Crippen molar-refractivity contribution in [2.24, 2.45) is 0 Å². The van der Waals surface area contributed by atoms with Gasteiger partial charge in [-0.3, -0.25) is 0 Å². The highest BCUT2D eigenvalue weighted by Gasteiger charge is 2.43. The van der Waals surface area contributed by atoms with Gasteiger partial charge in [-0.1, -0.05) is 12.8 Å². The van der Waals surface area contributed by atoms with Gasteiger partial charge < -0.3 is 4.74 Å². The molecule has 1 saturated carbocycles. The standard InChI is InChI=1S/C9H15FO3S/c10-14(11,12)7-8-3-6-9(13-8)4-1-2-5-9/h8H,1-7H2. The molecule has 0 amide bonds. The maximum atomic E-state index is 12.4. The van der Waals surface area contributed by atoms with E-state index in [-0.39, 0.29) is 5.60 Å². The van der Waals surface area contributed by atoms with Gasteiger partial charge in [-0.25, -0.2) is 0 Å². The van der Waals surface area contributed by atoms with Gasteiger partial charge in [0.2, 0.25) is 0 Å². The van der Waals surface area contributed by atoms with E-state index in [4.69, 9.17) is 4.74 Å². The van der Waals surface area contributed by atoms with Crippen molar-refractivity contribution in [2.75, 3.05) is 5.75 Å². The molecule has 0 radical (unpaired) electrons. The van der Waals surface area contributed by atoms with Crippen molar-refractivity contribution in [1.82, 2.24) is 0 Å². The number of rotatable bonds is 2. The Morgan fingerprint density at radius 1 is 1.29 bits per heavy atom. The minimum absolute atomic E-state index is 0.102. The largest absolute Gasteiger partial charge is 0.371 e. The van der Waals surface area contributed by atoms with Gasteiger partial charge >= 0.3 is 10.2 Å². The molecule has 82 valence electrons. The smallest absolute Gasteiger partial charge is 0.304 e. The van der Waals surface area contributed by atoms with E-state index in [1.807, 2.05) is 0 Å². The van der Waals surface area contributed by atoms with Crippen molar-refractivity contribution in [3.8, 4) is 0 Å². The van der Waals surface area contributed by atoms with Crippen LogP contribution in [-0.2, 0) is 15.0 Å². The van der Waals surface area contributed by atoms with Gasteiger partial charge in [-0.2, -0.15) is 8.42 Å². The molecule has 1 saturated heterocycles. The van der Waals surface area contributed by atoms with E-state index in [9.17, 15) is 12.3 Å². The Bertz CT molecular complexity index is 306. The fourth-order valence-corrected chi connectivity index (χ4v) is 3.30. The van der Waals surface area contributed by atoms with Crippen LogP contribution >= 0.6 is 0 Å². The van der Waals surface area contributed by atoms with E-state index in [0.29, 0.717) is 6.42 Å². The third-order valence-corrected chi connectivity index (χ3v) is 4.01. The van der Waals surface area contributed by atoms with Gasteiger partial charge in [-0.05, 0) is 25.7 Å². The Morgan fingerprint density at radius 3 is 2.50 bits per heavy atom. The first kappa shape index (κ1) is 10.4. The lowest BCUT2D eigenvalue weighted by Crippen LogP contribution is -2.27. The zero-order valence-corrected chi connectivity index (χ0v) is 8.85. The predicted molar refractivity (Wildman–Crippen MR) is 50.2 cm³/mol. The van der Waals surface area contributed by atoms with Crippen molar-refractivity contribution >= 4 is 10.2 Å². The fraction of sp³-hybridized carbons (Fsp3) is 1.00. The maximum Gasteiger partial charge on any atom is 0.304 e. The molecule has 2 aliphatic rings. The van der Waals surface area contributed by atoms with E-state index >= 15 is 0 Å². The molecule has 2 rings (SSSR count). The highest BCUT2D eigenvalue weighted by molar-refractivity contribution is 7.86. The third-order valence-electron chi connectivity index (χ3n) is 3.24. The second kappa shape index (κ2) is 3.45. The van der Waals surface area contributed by atoms with Crippen LogP contribution < -0.4 is 0 Å². The van der Waals surface area contributed by atoms with Crippen LogP contribution in [0.4, 0.5) is 3.89 Å². The van der Waals surface area contributed by atoms with Gasteiger partial charge in [0.25, 0.3) is 0 Å². The van der Waals surface area contributed by atoms with E-state index in [2.05, 4.69) is 0 Å². The molecule has 0 aromatic rings. The lowest BCUT2D eigenvalue weighted by molar-refractivity contribution is -0.0275. The maximum absolute atomic E-state index is 12.4. The summed E-state index contributed by atoms with van der Waals surface area (Å²) in [5.41, 5.74) is -0.102. The molecule has 14 heavy (non-hydrogen) atoms. The average Bonchev–Trinajstić information content (AvgIpc) is 2.60. The van der Waals surface area contributed by atoms with E-state index in [1.165, 1.54) is 0 Å². The summed E-state index contributed by atoms with van der Waals surface area (Å²) in [7, 11) is -4.38. The van der Waals surface area contributed by atoms with Crippen LogP contribution in [0.2, 0.25) is 0 Å². The predicted octanol–water partition coefficient (Wildman–Crippen LogP) is 1.78. The Balaban J connectivity index is 1.94. The molecule has 0 aromatic heterocycles. The van der Waals surface area contributed by atoms with Crippen molar-refractivity contribution < 1.29 is 17.0 Å².